The minimum Gasteiger partial charge on any atom is -0.122 e. The van der Waals surface area contributed by atoms with Gasteiger partial charge in [-0.1, -0.05) is 44.9 Å². The van der Waals surface area contributed by atoms with Crippen LogP contribution >= 0.6 is 11.8 Å². The number of benzene rings is 1. The van der Waals surface area contributed by atoms with E-state index in [0.717, 1.165) is 5.25 Å². The summed E-state index contributed by atoms with van der Waals surface area (Å²) in [5.41, 5.74) is 1.42. The summed E-state index contributed by atoms with van der Waals surface area (Å²) in [6.45, 7) is 6.76. The van der Waals surface area contributed by atoms with Crippen molar-refractivity contribution in [2.75, 3.05) is 0 Å². The van der Waals surface area contributed by atoms with E-state index >= 15 is 0 Å². The second-order valence-electron chi connectivity index (χ2n) is 4.08. The molecule has 0 aliphatic carbocycles. The van der Waals surface area contributed by atoms with Gasteiger partial charge in [-0.2, -0.15) is 0 Å². The first-order chi connectivity index (χ1) is 7.27. The molecule has 0 aliphatic heterocycles. The van der Waals surface area contributed by atoms with Crippen molar-refractivity contribution in [1.29, 1.82) is 0 Å². The quantitative estimate of drug-likeness (QED) is 0.606. The molecule has 0 fully saturated rings. The van der Waals surface area contributed by atoms with Crippen LogP contribution in [0.3, 0.4) is 0 Å². The van der Waals surface area contributed by atoms with E-state index in [9.17, 15) is 0 Å². The highest BCUT2D eigenvalue weighted by molar-refractivity contribution is 8.00. The Morgan fingerprint density at radius 3 is 2.20 bits per heavy atom. The van der Waals surface area contributed by atoms with Gasteiger partial charge in [0, 0.05) is 10.1 Å². The average Bonchev–Trinajstić information content (AvgIpc) is 2.22. The van der Waals surface area contributed by atoms with Crippen molar-refractivity contribution in [3.05, 3.63) is 29.8 Å². The number of thioether (sulfide) groups is 1. The first kappa shape index (κ1) is 12.6. The molecule has 1 aromatic carbocycles. The third-order valence-corrected chi connectivity index (χ3v) is 4.13. The van der Waals surface area contributed by atoms with Crippen LogP contribution in [0.1, 0.15) is 45.1 Å². The number of hydrogen-bond acceptors (Lipinski definition) is 1. The molecular formula is C14H22S. The van der Waals surface area contributed by atoms with Crippen LogP contribution in [-0.4, -0.2) is 5.25 Å². The van der Waals surface area contributed by atoms with Crippen molar-refractivity contribution in [3.63, 3.8) is 0 Å². The molecule has 0 bridgehead atoms. The fourth-order valence-corrected chi connectivity index (χ4v) is 3.25. The van der Waals surface area contributed by atoms with Crippen molar-refractivity contribution in [2.45, 2.75) is 56.6 Å². The molecule has 0 N–H and O–H groups in total. The summed E-state index contributed by atoms with van der Waals surface area (Å²) in [6, 6.07) is 8.72. The van der Waals surface area contributed by atoms with E-state index in [1.54, 1.807) is 0 Å². The summed E-state index contributed by atoms with van der Waals surface area (Å²) in [5, 5.41) is 0.807. The maximum absolute atomic E-state index is 2.28. The monoisotopic (exact) mass is 222 g/mol. The maximum Gasteiger partial charge on any atom is 0.0104 e. The minimum atomic E-state index is 0.807. The lowest BCUT2D eigenvalue weighted by atomic mass is 10.2. The maximum atomic E-state index is 2.28. The van der Waals surface area contributed by atoms with Crippen LogP contribution in [-0.2, 0) is 0 Å². The molecule has 0 nitrogen and oxygen atoms in total. The van der Waals surface area contributed by atoms with Crippen molar-refractivity contribution in [1.82, 2.24) is 0 Å². The van der Waals surface area contributed by atoms with Crippen LogP contribution in [0.25, 0.3) is 0 Å². The van der Waals surface area contributed by atoms with Gasteiger partial charge in [0.15, 0.2) is 0 Å². The molecule has 84 valence electrons. The zero-order valence-electron chi connectivity index (χ0n) is 10.1. The second kappa shape index (κ2) is 6.95. The van der Waals surface area contributed by atoms with Crippen LogP contribution in [0.15, 0.2) is 29.2 Å². The molecular weight excluding hydrogens is 200 g/mol. The van der Waals surface area contributed by atoms with Crippen LogP contribution < -0.4 is 0 Å². The summed E-state index contributed by atoms with van der Waals surface area (Å²) in [6.07, 6.45) is 5.27. The SMILES string of the molecule is CCCC(CCC)Sc1ccccc1C. The van der Waals surface area contributed by atoms with Crippen LogP contribution in [0.4, 0.5) is 0 Å². The third-order valence-electron chi connectivity index (χ3n) is 2.61. The highest BCUT2D eigenvalue weighted by atomic mass is 32.2. The lowest BCUT2D eigenvalue weighted by Gasteiger charge is -2.15. The molecule has 0 unspecified atom stereocenters. The molecule has 0 amide bonds. The van der Waals surface area contributed by atoms with E-state index < -0.39 is 0 Å². The average molecular weight is 222 g/mol. The van der Waals surface area contributed by atoms with E-state index in [2.05, 4.69) is 56.8 Å². The highest BCUT2D eigenvalue weighted by Crippen LogP contribution is 2.31. The first-order valence-electron chi connectivity index (χ1n) is 6.00. The fourth-order valence-electron chi connectivity index (χ4n) is 1.77. The predicted octanol–water partition coefficient (Wildman–Crippen LogP) is 5.06. The Morgan fingerprint density at radius 2 is 1.67 bits per heavy atom. The zero-order valence-corrected chi connectivity index (χ0v) is 10.9. The van der Waals surface area contributed by atoms with Crippen LogP contribution in [0.5, 0.6) is 0 Å². The van der Waals surface area contributed by atoms with E-state index in [-0.39, 0.29) is 0 Å². The van der Waals surface area contributed by atoms with Gasteiger partial charge in [0.1, 0.15) is 0 Å². The van der Waals surface area contributed by atoms with Gasteiger partial charge in [0.05, 0.1) is 0 Å². The molecule has 0 spiro atoms. The Morgan fingerprint density at radius 1 is 1.07 bits per heavy atom. The Balaban J connectivity index is 2.60. The molecule has 0 radical (unpaired) electrons. The predicted molar refractivity (Wildman–Crippen MR) is 70.6 cm³/mol. The number of aryl methyl sites for hydroxylation is 1. The van der Waals surface area contributed by atoms with Gasteiger partial charge in [-0.15, -0.1) is 11.8 Å². The Hall–Kier alpha value is -0.430. The Bertz CT molecular complexity index is 274. The van der Waals surface area contributed by atoms with E-state index in [1.807, 2.05) is 0 Å². The number of rotatable bonds is 6. The van der Waals surface area contributed by atoms with Gasteiger partial charge in [-0.25, -0.2) is 0 Å². The topological polar surface area (TPSA) is 0 Å². The molecule has 0 aliphatic rings. The smallest absolute Gasteiger partial charge is 0.0104 e. The summed E-state index contributed by atoms with van der Waals surface area (Å²) in [4.78, 5) is 1.46. The van der Waals surface area contributed by atoms with Crippen molar-refractivity contribution >= 4 is 11.8 Å². The zero-order chi connectivity index (χ0) is 11.1. The van der Waals surface area contributed by atoms with Gasteiger partial charge in [0.2, 0.25) is 0 Å². The fraction of sp³-hybridized carbons (Fsp3) is 0.571. The summed E-state index contributed by atoms with van der Waals surface area (Å²) in [5.74, 6) is 0. The largest absolute Gasteiger partial charge is 0.122 e. The molecule has 0 aromatic heterocycles. The van der Waals surface area contributed by atoms with Gasteiger partial charge >= 0.3 is 0 Å². The summed E-state index contributed by atoms with van der Waals surface area (Å²) >= 11 is 2.06. The standard InChI is InChI=1S/C14H22S/c1-4-8-13(9-5-2)15-14-11-7-6-10-12(14)3/h6-7,10-11,13H,4-5,8-9H2,1-3H3. The molecule has 0 saturated carbocycles. The van der Waals surface area contributed by atoms with E-state index in [1.165, 1.54) is 36.1 Å². The molecule has 0 atom stereocenters. The molecule has 15 heavy (non-hydrogen) atoms. The molecule has 1 aromatic rings. The van der Waals surface area contributed by atoms with Gasteiger partial charge < -0.3 is 0 Å². The van der Waals surface area contributed by atoms with Gasteiger partial charge in [-0.05, 0) is 31.4 Å². The highest BCUT2D eigenvalue weighted by Gasteiger charge is 2.09. The Kier molecular flexibility index (Phi) is 5.85. The van der Waals surface area contributed by atoms with Crippen molar-refractivity contribution in [2.24, 2.45) is 0 Å². The van der Waals surface area contributed by atoms with E-state index in [4.69, 9.17) is 0 Å². The van der Waals surface area contributed by atoms with Crippen LogP contribution in [0, 0.1) is 6.92 Å². The van der Waals surface area contributed by atoms with E-state index in [0.29, 0.717) is 0 Å². The normalized spacial score (nSPS) is 10.9. The molecule has 0 heterocycles. The van der Waals surface area contributed by atoms with Crippen LogP contribution in [0.2, 0.25) is 0 Å². The molecule has 1 rings (SSSR count). The summed E-state index contributed by atoms with van der Waals surface area (Å²) < 4.78 is 0. The molecule has 1 heteroatoms. The Labute approximate surface area is 98.5 Å². The van der Waals surface area contributed by atoms with Crippen molar-refractivity contribution < 1.29 is 0 Å². The van der Waals surface area contributed by atoms with Gasteiger partial charge in [0.25, 0.3) is 0 Å². The summed E-state index contributed by atoms with van der Waals surface area (Å²) in [7, 11) is 0. The minimum absolute atomic E-state index is 0.807. The second-order valence-corrected chi connectivity index (χ2v) is 5.42. The lowest BCUT2D eigenvalue weighted by Crippen LogP contribution is -2.01. The third kappa shape index (κ3) is 4.29. The van der Waals surface area contributed by atoms with Crippen molar-refractivity contribution in [3.8, 4) is 0 Å². The number of hydrogen-bond donors (Lipinski definition) is 0. The van der Waals surface area contributed by atoms with Gasteiger partial charge in [-0.3, -0.25) is 0 Å². The lowest BCUT2D eigenvalue weighted by molar-refractivity contribution is 0.672. The first-order valence-corrected chi connectivity index (χ1v) is 6.88. The molecule has 0 saturated heterocycles.